The minimum absolute atomic E-state index is 0.123. The standard InChI is InChI=1S/C12H12Cl2N2O3/c1-2-19-10(17)6-16-5-7-9(15-12(16)18)4-3-8(13)11(7)14/h3-4H,2,5-6H2,1H3,(H,15,18). The molecule has 0 saturated heterocycles. The third-order valence-corrected chi connectivity index (χ3v) is 3.54. The van der Waals surface area contributed by atoms with Crippen molar-refractivity contribution in [2.75, 3.05) is 18.5 Å². The molecule has 0 unspecified atom stereocenters. The molecule has 1 N–H and O–H groups in total. The molecule has 2 rings (SSSR count). The Morgan fingerprint density at radius 2 is 2.21 bits per heavy atom. The molecule has 0 bridgehead atoms. The second-order valence-electron chi connectivity index (χ2n) is 3.98. The third-order valence-electron chi connectivity index (χ3n) is 2.70. The van der Waals surface area contributed by atoms with Crippen molar-refractivity contribution >= 4 is 40.9 Å². The molecule has 0 saturated carbocycles. The number of nitrogens with zero attached hydrogens (tertiary/aromatic N) is 1. The lowest BCUT2D eigenvalue weighted by Gasteiger charge is -2.29. The van der Waals surface area contributed by atoms with Gasteiger partial charge in [-0.1, -0.05) is 23.2 Å². The summed E-state index contributed by atoms with van der Waals surface area (Å²) in [6, 6.07) is 2.94. The molecule has 0 aromatic heterocycles. The van der Waals surface area contributed by atoms with Crippen LogP contribution in [-0.2, 0) is 16.1 Å². The molecule has 0 atom stereocenters. The van der Waals surface area contributed by atoms with Crippen LogP contribution in [0.3, 0.4) is 0 Å². The van der Waals surface area contributed by atoms with Crippen LogP contribution < -0.4 is 5.32 Å². The lowest BCUT2D eigenvalue weighted by atomic mass is 10.1. The Morgan fingerprint density at radius 3 is 2.89 bits per heavy atom. The van der Waals surface area contributed by atoms with Gasteiger partial charge in [0.05, 0.1) is 23.2 Å². The first-order valence-electron chi connectivity index (χ1n) is 5.71. The quantitative estimate of drug-likeness (QED) is 0.873. The fourth-order valence-electron chi connectivity index (χ4n) is 1.81. The fraction of sp³-hybridized carbons (Fsp3) is 0.333. The van der Waals surface area contributed by atoms with E-state index in [2.05, 4.69) is 5.32 Å². The number of benzene rings is 1. The van der Waals surface area contributed by atoms with Crippen LogP contribution >= 0.6 is 23.2 Å². The number of hydrogen-bond donors (Lipinski definition) is 1. The molecule has 5 nitrogen and oxygen atoms in total. The molecule has 1 aromatic carbocycles. The van der Waals surface area contributed by atoms with Crippen LogP contribution in [0.15, 0.2) is 12.1 Å². The van der Waals surface area contributed by atoms with Gasteiger partial charge >= 0.3 is 12.0 Å². The number of rotatable bonds is 3. The van der Waals surface area contributed by atoms with E-state index >= 15 is 0 Å². The van der Waals surface area contributed by atoms with Gasteiger partial charge in [0.25, 0.3) is 0 Å². The van der Waals surface area contributed by atoms with Crippen molar-refractivity contribution in [3.8, 4) is 0 Å². The Kier molecular flexibility index (Phi) is 4.17. The lowest BCUT2D eigenvalue weighted by Crippen LogP contribution is -2.42. The maximum atomic E-state index is 11.8. The van der Waals surface area contributed by atoms with Gasteiger partial charge in [-0.2, -0.15) is 0 Å². The molecule has 102 valence electrons. The Hall–Kier alpha value is -1.46. The molecule has 1 aromatic rings. The van der Waals surface area contributed by atoms with Gasteiger partial charge in [-0.05, 0) is 19.1 Å². The van der Waals surface area contributed by atoms with E-state index in [0.717, 1.165) is 0 Å². The summed E-state index contributed by atoms with van der Waals surface area (Å²) in [6.45, 7) is 2.08. The Bertz CT molecular complexity index is 534. The van der Waals surface area contributed by atoms with Crippen LogP contribution in [0.25, 0.3) is 0 Å². The van der Waals surface area contributed by atoms with Crippen molar-refractivity contribution in [3.05, 3.63) is 27.7 Å². The predicted molar refractivity (Wildman–Crippen MR) is 72.5 cm³/mol. The van der Waals surface area contributed by atoms with Gasteiger partial charge in [0.15, 0.2) is 0 Å². The second-order valence-corrected chi connectivity index (χ2v) is 4.76. The number of ether oxygens (including phenoxy) is 1. The van der Waals surface area contributed by atoms with E-state index < -0.39 is 5.97 Å². The van der Waals surface area contributed by atoms with Gasteiger partial charge in [-0.3, -0.25) is 4.79 Å². The second kappa shape index (κ2) is 5.67. The van der Waals surface area contributed by atoms with Crippen LogP contribution in [0.1, 0.15) is 12.5 Å². The fourth-order valence-corrected chi connectivity index (χ4v) is 2.21. The zero-order valence-electron chi connectivity index (χ0n) is 10.2. The number of nitrogens with one attached hydrogen (secondary N) is 1. The highest BCUT2D eigenvalue weighted by Gasteiger charge is 2.27. The number of amides is 2. The van der Waals surface area contributed by atoms with Crippen molar-refractivity contribution in [3.63, 3.8) is 0 Å². The van der Waals surface area contributed by atoms with Crippen LogP contribution in [0.4, 0.5) is 10.5 Å². The zero-order valence-corrected chi connectivity index (χ0v) is 11.7. The summed E-state index contributed by atoms with van der Waals surface area (Å²) in [5.74, 6) is -0.459. The maximum absolute atomic E-state index is 11.8. The average molecular weight is 303 g/mol. The first-order chi connectivity index (χ1) is 9.02. The van der Waals surface area contributed by atoms with Gasteiger partial charge < -0.3 is 15.0 Å². The van der Waals surface area contributed by atoms with Crippen LogP contribution in [0.2, 0.25) is 10.0 Å². The summed E-state index contributed by atoms with van der Waals surface area (Å²) < 4.78 is 4.82. The zero-order chi connectivity index (χ0) is 14.0. The summed E-state index contributed by atoms with van der Waals surface area (Å²) in [4.78, 5) is 24.6. The molecule has 1 aliphatic heterocycles. The summed E-state index contributed by atoms with van der Waals surface area (Å²) in [7, 11) is 0. The van der Waals surface area contributed by atoms with Crippen LogP contribution in [0, 0.1) is 0 Å². The highest BCUT2D eigenvalue weighted by molar-refractivity contribution is 6.42. The average Bonchev–Trinajstić information content (AvgIpc) is 2.36. The van der Waals surface area contributed by atoms with Crippen molar-refractivity contribution in [1.29, 1.82) is 0 Å². The van der Waals surface area contributed by atoms with E-state index in [-0.39, 0.29) is 25.7 Å². The molecule has 0 aliphatic carbocycles. The molecule has 7 heteroatoms. The lowest BCUT2D eigenvalue weighted by molar-refractivity contribution is -0.143. The number of hydrogen-bond acceptors (Lipinski definition) is 3. The monoisotopic (exact) mass is 302 g/mol. The molecular formula is C12H12Cl2N2O3. The van der Waals surface area contributed by atoms with E-state index in [4.69, 9.17) is 27.9 Å². The Labute approximate surface area is 120 Å². The molecule has 1 aliphatic rings. The largest absolute Gasteiger partial charge is 0.465 e. The number of halogens is 2. The highest BCUT2D eigenvalue weighted by atomic mass is 35.5. The van der Waals surface area contributed by atoms with Crippen molar-refractivity contribution < 1.29 is 14.3 Å². The molecule has 0 spiro atoms. The highest BCUT2D eigenvalue weighted by Crippen LogP contribution is 2.34. The van der Waals surface area contributed by atoms with Crippen molar-refractivity contribution in [2.24, 2.45) is 0 Å². The molecule has 0 fully saturated rings. The SMILES string of the molecule is CCOC(=O)CN1Cc2c(ccc(Cl)c2Cl)NC1=O. The van der Waals surface area contributed by atoms with Crippen LogP contribution in [-0.4, -0.2) is 30.1 Å². The molecule has 0 radical (unpaired) electrons. The molecule has 2 amide bonds. The first-order valence-corrected chi connectivity index (χ1v) is 6.47. The number of anilines is 1. The van der Waals surface area contributed by atoms with Crippen LogP contribution in [0.5, 0.6) is 0 Å². The minimum Gasteiger partial charge on any atom is -0.465 e. The topological polar surface area (TPSA) is 58.6 Å². The smallest absolute Gasteiger partial charge is 0.325 e. The van der Waals surface area contributed by atoms with Gasteiger partial charge in [-0.25, -0.2) is 4.79 Å². The number of carbonyl (C=O) groups excluding carboxylic acids is 2. The molecule has 1 heterocycles. The van der Waals surface area contributed by atoms with Gasteiger partial charge in [0.2, 0.25) is 0 Å². The minimum atomic E-state index is -0.459. The van der Waals surface area contributed by atoms with Crippen molar-refractivity contribution in [2.45, 2.75) is 13.5 Å². The molecular weight excluding hydrogens is 291 g/mol. The summed E-state index contributed by atoms with van der Waals surface area (Å²) in [5, 5.41) is 3.45. The Balaban J connectivity index is 2.20. The van der Waals surface area contributed by atoms with E-state index in [9.17, 15) is 9.59 Å². The van der Waals surface area contributed by atoms with E-state index in [1.165, 1.54) is 4.90 Å². The summed E-state index contributed by atoms with van der Waals surface area (Å²) in [6.07, 6.45) is 0. The predicted octanol–water partition coefficient (Wildman–Crippen LogP) is 2.90. The normalized spacial score (nSPS) is 13.8. The van der Waals surface area contributed by atoms with E-state index in [1.807, 2.05) is 0 Å². The summed E-state index contributed by atoms with van der Waals surface area (Å²) in [5.41, 5.74) is 1.30. The van der Waals surface area contributed by atoms with Gasteiger partial charge in [-0.15, -0.1) is 0 Å². The number of esters is 1. The van der Waals surface area contributed by atoms with Crippen molar-refractivity contribution in [1.82, 2.24) is 4.90 Å². The first kappa shape index (κ1) is 14.0. The number of fused-ring (bicyclic) bond motifs is 1. The number of urea groups is 1. The van der Waals surface area contributed by atoms with E-state index in [1.54, 1.807) is 19.1 Å². The van der Waals surface area contributed by atoms with Gasteiger partial charge in [0.1, 0.15) is 6.54 Å². The maximum Gasteiger partial charge on any atom is 0.325 e. The Morgan fingerprint density at radius 1 is 1.47 bits per heavy atom. The number of carbonyl (C=O) groups is 2. The van der Waals surface area contributed by atoms with Gasteiger partial charge in [0, 0.05) is 11.3 Å². The van der Waals surface area contributed by atoms with E-state index in [0.29, 0.717) is 21.3 Å². The third kappa shape index (κ3) is 2.93. The summed E-state index contributed by atoms with van der Waals surface area (Å²) >= 11 is 12.0. The molecule has 19 heavy (non-hydrogen) atoms.